The third-order valence-corrected chi connectivity index (χ3v) is 8.67. The fourth-order valence-corrected chi connectivity index (χ4v) is 6.49. The summed E-state index contributed by atoms with van der Waals surface area (Å²) in [6.45, 7) is 9.25. The Labute approximate surface area is 242 Å². The summed E-state index contributed by atoms with van der Waals surface area (Å²) >= 11 is 0. The van der Waals surface area contributed by atoms with Crippen molar-refractivity contribution < 1.29 is 18.8 Å². The highest BCUT2D eigenvalue weighted by atomic mass is 19.1. The highest BCUT2D eigenvalue weighted by Crippen LogP contribution is 2.38. The molecular formula is C34H40FN3O3. The van der Waals surface area contributed by atoms with E-state index in [1.54, 1.807) is 24.0 Å². The zero-order chi connectivity index (χ0) is 29.3. The van der Waals surface area contributed by atoms with Crippen LogP contribution in [0.1, 0.15) is 74.4 Å². The van der Waals surface area contributed by atoms with Crippen molar-refractivity contribution >= 4 is 23.4 Å². The predicted molar refractivity (Wildman–Crippen MR) is 159 cm³/mol. The molecule has 0 spiro atoms. The van der Waals surface area contributed by atoms with E-state index in [9.17, 15) is 14.4 Å². The average molecular weight is 558 g/mol. The Morgan fingerprint density at radius 2 is 1.83 bits per heavy atom. The molecule has 7 heteroatoms. The molecule has 216 valence electrons. The van der Waals surface area contributed by atoms with Gasteiger partial charge in [-0.2, -0.15) is 0 Å². The molecule has 2 heterocycles. The summed E-state index contributed by atoms with van der Waals surface area (Å²) in [6.07, 6.45) is 9.08. The van der Waals surface area contributed by atoms with Crippen LogP contribution in [-0.4, -0.2) is 46.7 Å². The Kier molecular flexibility index (Phi) is 8.16. The molecule has 1 unspecified atom stereocenters. The maximum atomic E-state index is 15.0. The summed E-state index contributed by atoms with van der Waals surface area (Å²) in [5, 5.41) is 3.13. The Hall–Kier alpha value is -3.74. The van der Waals surface area contributed by atoms with E-state index in [0.29, 0.717) is 44.3 Å². The van der Waals surface area contributed by atoms with E-state index in [0.717, 1.165) is 23.4 Å². The molecule has 2 aromatic rings. The average Bonchev–Trinajstić information content (AvgIpc) is 3.38. The highest BCUT2D eigenvalue weighted by Gasteiger charge is 2.44. The molecule has 6 nitrogen and oxygen atoms in total. The van der Waals surface area contributed by atoms with Crippen molar-refractivity contribution in [3.8, 4) is 0 Å². The zero-order valence-electron chi connectivity index (χ0n) is 24.5. The van der Waals surface area contributed by atoms with Crippen LogP contribution in [-0.2, 0) is 15.0 Å². The molecule has 1 aliphatic carbocycles. The van der Waals surface area contributed by atoms with Crippen LogP contribution in [0.25, 0.3) is 0 Å². The first-order chi connectivity index (χ1) is 19.5. The summed E-state index contributed by atoms with van der Waals surface area (Å²) in [6, 6.07) is 12.0. The molecule has 0 bridgehead atoms. The molecule has 1 N–H and O–H groups in total. The van der Waals surface area contributed by atoms with Crippen LogP contribution in [0.15, 0.2) is 66.4 Å². The second kappa shape index (κ2) is 11.6. The number of amides is 3. The molecule has 0 aromatic heterocycles. The normalized spacial score (nSPS) is 23.0. The van der Waals surface area contributed by atoms with Crippen LogP contribution in [0.3, 0.4) is 0 Å². The van der Waals surface area contributed by atoms with Crippen LogP contribution < -0.4 is 5.32 Å². The standard InChI is InChI=1S/C34H40FN3O3/c1-22-10-5-16-28(35)30(22)33(41)38-19-8-15-27(32(40)36-25-13-7-12-24(21-25)34(2,3)4)31(38)23-11-6-14-26(20-23)37-18-9-17-29(37)39/h5-7,10-14,16,21,23,27,31H,8-9,15,17-20H2,1-4H3,(H,36,40)/t23?,27-,31-/m0/s1. The summed E-state index contributed by atoms with van der Waals surface area (Å²) in [7, 11) is 0. The summed E-state index contributed by atoms with van der Waals surface area (Å²) in [5.41, 5.74) is 3.30. The van der Waals surface area contributed by atoms with Gasteiger partial charge in [0, 0.05) is 36.8 Å². The number of anilines is 1. The first-order valence-electron chi connectivity index (χ1n) is 14.7. The monoisotopic (exact) mass is 557 g/mol. The number of hydrogen-bond acceptors (Lipinski definition) is 3. The number of hydrogen-bond donors (Lipinski definition) is 1. The van der Waals surface area contributed by atoms with Crippen molar-refractivity contribution in [3.63, 3.8) is 0 Å². The van der Waals surface area contributed by atoms with Crippen LogP contribution in [0.5, 0.6) is 0 Å². The van der Waals surface area contributed by atoms with Crippen LogP contribution in [0.2, 0.25) is 0 Å². The van der Waals surface area contributed by atoms with Gasteiger partial charge in [-0.1, -0.05) is 57.2 Å². The molecule has 2 saturated heterocycles. The van der Waals surface area contributed by atoms with Gasteiger partial charge in [-0.15, -0.1) is 0 Å². The maximum Gasteiger partial charge on any atom is 0.257 e. The van der Waals surface area contributed by atoms with Crippen molar-refractivity contribution in [1.82, 2.24) is 9.80 Å². The predicted octanol–water partition coefficient (Wildman–Crippen LogP) is 6.37. The van der Waals surface area contributed by atoms with Gasteiger partial charge in [0.05, 0.1) is 17.5 Å². The lowest BCUT2D eigenvalue weighted by Gasteiger charge is -2.45. The summed E-state index contributed by atoms with van der Waals surface area (Å²) in [5.74, 6) is -1.68. The van der Waals surface area contributed by atoms with E-state index in [2.05, 4.69) is 32.2 Å². The van der Waals surface area contributed by atoms with Crippen molar-refractivity contribution in [2.45, 2.75) is 71.3 Å². The van der Waals surface area contributed by atoms with E-state index in [1.807, 2.05) is 41.3 Å². The number of nitrogens with zero attached hydrogens (tertiary/aromatic N) is 2. The molecular weight excluding hydrogens is 517 g/mol. The Bertz CT molecular complexity index is 1390. The SMILES string of the molecule is Cc1cccc(F)c1C(=O)N1CCC[C@H](C(=O)Nc2cccc(C(C)(C)C)c2)[C@@H]1C1C=CC=C(N2CCCC2=O)C1. The largest absolute Gasteiger partial charge is 0.334 e. The van der Waals surface area contributed by atoms with Gasteiger partial charge in [-0.3, -0.25) is 14.4 Å². The topological polar surface area (TPSA) is 69.7 Å². The number of allylic oxidation sites excluding steroid dienone is 3. The number of carbonyl (C=O) groups excluding carboxylic acids is 3. The second-order valence-corrected chi connectivity index (χ2v) is 12.5. The highest BCUT2D eigenvalue weighted by molar-refractivity contribution is 5.98. The van der Waals surface area contributed by atoms with E-state index >= 15 is 4.39 Å². The van der Waals surface area contributed by atoms with Gasteiger partial charge in [0.25, 0.3) is 5.91 Å². The fourth-order valence-electron chi connectivity index (χ4n) is 6.49. The quantitative estimate of drug-likeness (QED) is 0.464. The van der Waals surface area contributed by atoms with E-state index in [4.69, 9.17) is 0 Å². The van der Waals surface area contributed by atoms with Gasteiger partial charge in [0.1, 0.15) is 5.82 Å². The number of carbonyl (C=O) groups is 3. The lowest BCUT2D eigenvalue weighted by molar-refractivity contribution is -0.127. The van der Waals surface area contributed by atoms with E-state index < -0.39 is 17.8 Å². The minimum atomic E-state index is -0.554. The van der Waals surface area contributed by atoms with Gasteiger partial charge >= 0.3 is 0 Å². The summed E-state index contributed by atoms with van der Waals surface area (Å²) in [4.78, 5) is 44.1. The van der Waals surface area contributed by atoms with Crippen molar-refractivity contribution in [2.24, 2.45) is 11.8 Å². The lowest BCUT2D eigenvalue weighted by Crippen LogP contribution is -2.55. The number of piperidine rings is 1. The lowest BCUT2D eigenvalue weighted by atomic mass is 9.76. The smallest absolute Gasteiger partial charge is 0.257 e. The minimum Gasteiger partial charge on any atom is -0.334 e. The maximum absolute atomic E-state index is 15.0. The number of rotatable bonds is 5. The number of benzene rings is 2. The molecule has 2 aliphatic heterocycles. The number of aryl methyl sites for hydroxylation is 1. The Morgan fingerprint density at radius 3 is 2.54 bits per heavy atom. The second-order valence-electron chi connectivity index (χ2n) is 12.5. The van der Waals surface area contributed by atoms with Gasteiger partial charge in [-0.25, -0.2) is 4.39 Å². The molecule has 0 radical (unpaired) electrons. The first-order valence-corrected chi connectivity index (χ1v) is 14.7. The van der Waals surface area contributed by atoms with Gasteiger partial charge < -0.3 is 15.1 Å². The molecule has 0 saturated carbocycles. The molecule has 2 aromatic carbocycles. The molecule has 3 amide bonds. The Balaban J connectivity index is 1.48. The van der Waals surface area contributed by atoms with Crippen LogP contribution >= 0.6 is 0 Å². The number of halogens is 1. The third-order valence-electron chi connectivity index (χ3n) is 8.67. The molecule has 3 atom stereocenters. The number of likely N-dealkylation sites (tertiary alicyclic amines) is 2. The minimum absolute atomic E-state index is 0.0571. The molecule has 2 fully saturated rings. The third kappa shape index (κ3) is 5.99. The van der Waals surface area contributed by atoms with Crippen LogP contribution in [0, 0.1) is 24.6 Å². The van der Waals surface area contributed by atoms with E-state index in [-0.39, 0.29) is 34.6 Å². The van der Waals surface area contributed by atoms with Crippen LogP contribution in [0.4, 0.5) is 10.1 Å². The molecule has 41 heavy (non-hydrogen) atoms. The Morgan fingerprint density at radius 1 is 1.05 bits per heavy atom. The fraction of sp³-hybridized carbons (Fsp3) is 0.441. The van der Waals surface area contributed by atoms with Crippen molar-refractivity contribution in [3.05, 3.63) is 88.9 Å². The molecule has 5 rings (SSSR count). The van der Waals surface area contributed by atoms with Gasteiger partial charge in [0.15, 0.2) is 0 Å². The zero-order valence-corrected chi connectivity index (χ0v) is 24.5. The van der Waals surface area contributed by atoms with E-state index in [1.165, 1.54) is 6.07 Å². The molecule has 3 aliphatic rings. The van der Waals surface area contributed by atoms with Crippen molar-refractivity contribution in [2.75, 3.05) is 18.4 Å². The van der Waals surface area contributed by atoms with Gasteiger partial charge in [-0.05, 0) is 73.4 Å². The van der Waals surface area contributed by atoms with Gasteiger partial charge in [0.2, 0.25) is 11.8 Å². The van der Waals surface area contributed by atoms with Crippen molar-refractivity contribution in [1.29, 1.82) is 0 Å². The first kappa shape index (κ1) is 28.8. The summed E-state index contributed by atoms with van der Waals surface area (Å²) < 4.78 is 15.0. The number of nitrogens with one attached hydrogen (secondary N) is 1.